The first-order valence-corrected chi connectivity index (χ1v) is 8.94. The molecule has 140 valence electrons. The number of ether oxygens (including phenoxy) is 1. The lowest BCUT2D eigenvalue weighted by atomic mass is 10.2. The van der Waals surface area contributed by atoms with E-state index in [0.717, 1.165) is 5.69 Å². The maximum absolute atomic E-state index is 13.9. The van der Waals surface area contributed by atoms with Crippen molar-refractivity contribution in [2.75, 3.05) is 49.1 Å². The Morgan fingerprint density at radius 1 is 0.963 bits per heavy atom. The number of nitrogens with zero attached hydrogens (tertiary/aromatic N) is 3. The van der Waals surface area contributed by atoms with Gasteiger partial charge in [0.25, 0.3) is 0 Å². The van der Waals surface area contributed by atoms with Gasteiger partial charge in [0.05, 0.1) is 17.9 Å². The SMILES string of the molecule is O=C1CN(CC(=O)N2CCN(c3ccccc3F)CC2)c2ccccc2O1. The largest absolute Gasteiger partial charge is 0.423 e. The van der Waals surface area contributed by atoms with E-state index < -0.39 is 0 Å². The molecule has 1 fully saturated rings. The van der Waals surface area contributed by atoms with E-state index in [-0.39, 0.29) is 30.8 Å². The molecule has 6 nitrogen and oxygen atoms in total. The van der Waals surface area contributed by atoms with E-state index in [4.69, 9.17) is 4.74 Å². The van der Waals surface area contributed by atoms with Crippen LogP contribution in [0.4, 0.5) is 15.8 Å². The first-order chi connectivity index (χ1) is 13.1. The van der Waals surface area contributed by atoms with E-state index in [2.05, 4.69) is 0 Å². The fraction of sp³-hybridized carbons (Fsp3) is 0.300. The number of halogens is 1. The fourth-order valence-electron chi connectivity index (χ4n) is 3.51. The molecule has 27 heavy (non-hydrogen) atoms. The van der Waals surface area contributed by atoms with Crippen molar-refractivity contribution in [3.63, 3.8) is 0 Å². The van der Waals surface area contributed by atoms with Crippen molar-refractivity contribution < 1.29 is 18.7 Å². The second-order valence-electron chi connectivity index (χ2n) is 6.62. The monoisotopic (exact) mass is 369 g/mol. The van der Waals surface area contributed by atoms with Gasteiger partial charge in [0, 0.05) is 26.2 Å². The van der Waals surface area contributed by atoms with E-state index >= 15 is 0 Å². The number of amides is 1. The summed E-state index contributed by atoms with van der Waals surface area (Å²) in [7, 11) is 0. The minimum atomic E-state index is -0.370. The maximum Gasteiger partial charge on any atom is 0.331 e. The van der Waals surface area contributed by atoms with E-state index in [9.17, 15) is 14.0 Å². The van der Waals surface area contributed by atoms with Gasteiger partial charge in [0.1, 0.15) is 12.4 Å². The van der Waals surface area contributed by atoms with Crippen LogP contribution in [0.1, 0.15) is 0 Å². The van der Waals surface area contributed by atoms with Gasteiger partial charge in [-0.05, 0) is 24.3 Å². The average molecular weight is 369 g/mol. The van der Waals surface area contributed by atoms with Crippen LogP contribution in [0.3, 0.4) is 0 Å². The molecule has 2 aliphatic rings. The van der Waals surface area contributed by atoms with Crippen molar-refractivity contribution in [1.29, 1.82) is 0 Å². The first kappa shape index (κ1) is 17.3. The quantitative estimate of drug-likeness (QED) is 0.611. The number of benzene rings is 2. The van der Waals surface area contributed by atoms with E-state index in [1.54, 1.807) is 34.1 Å². The molecule has 0 N–H and O–H groups in total. The number of esters is 1. The van der Waals surface area contributed by atoms with Gasteiger partial charge in [0.2, 0.25) is 5.91 Å². The second-order valence-corrected chi connectivity index (χ2v) is 6.62. The molecular weight excluding hydrogens is 349 g/mol. The zero-order valence-electron chi connectivity index (χ0n) is 14.8. The number of carbonyl (C=O) groups is 2. The number of piperazine rings is 1. The number of hydrogen-bond donors (Lipinski definition) is 0. The normalized spacial score (nSPS) is 16.8. The molecule has 0 aliphatic carbocycles. The van der Waals surface area contributed by atoms with Gasteiger partial charge in [-0.15, -0.1) is 0 Å². The number of fused-ring (bicyclic) bond motifs is 1. The topological polar surface area (TPSA) is 53.1 Å². The molecular formula is C20H20FN3O3. The van der Waals surface area contributed by atoms with Crippen LogP contribution in [0.2, 0.25) is 0 Å². The molecule has 1 saturated heterocycles. The summed E-state index contributed by atoms with van der Waals surface area (Å²) in [4.78, 5) is 30.0. The number of anilines is 2. The maximum atomic E-state index is 13.9. The summed E-state index contributed by atoms with van der Waals surface area (Å²) in [5.74, 6) is -0.190. The number of hydrogen-bond acceptors (Lipinski definition) is 5. The van der Waals surface area contributed by atoms with E-state index in [1.807, 2.05) is 23.1 Å². The molecule has 2 aromatic carbocycles. The third-order valence-corrected chi connectivity index (χ3v) is 4.90. The van der Waals surface area contributed by atoms with Crippen LogP contribution in [-0.2, 0) is 9.59 Å². The highest BCUT2D eigenvalue weighted by Gasteiger charge is 2.28. The van der Waals surface area contributed by atoms with Crippen LogP contribution in [-0.4, -0.2) is 56.0 Å². The van der Waals surface area contributed by atoms with Gasteiger partial charge in [-0.3, -0.25) is 4.79 Å². The van der Waals surface area contributed by atoms with Crippen LogP contribution in [0.15, 0.2) is 48.5 Å². The number of para-hydroxylation sites is 3. The Bertz CT molecular complexity index is 865. The van der Waals surface area contributed by atoms with Crippen LogP contribution in [0, 0.1) is 5.82 Å². The van der Waals surface area contributed by atoms with Crippen LogP contribution in [0.5, 0.6) is 5.75 Å². The predicted molar refractivity (Wildman–Crippen MR) is 99.5 cm³/mol. The number of rotatable bonds is 3. The molecule has 0 bridgehead atoms. The zero-order chi connectivity index (χ0) is 18.8. The Morgan fingerprint density at radius 2 is 1.63 bits per heavy atom. The molecule has 0 spiro atoms. The van der Waals surface area contributed by atoms with Crippen molar-refractivity contribution in [2.45, 2.75) is 0 Å². The summed E-state index contributed by atoms with van der Waals surface area (Å²) in [5.41, 5.74) is 1.31. The molecule has 2 heterocycles. The summed E-state index contributed by atoms with van der Waals surface area (Å²) in [6, 6.07) is 13.9. The summed E-state index contributed by atoms with van der Waals surface area (Å²) in [5, 5.41) is 0. The van der Waals surface area contributed by atoms with Crippen LogP contribution >= 0.6 is 0 Å². The third-order valence-electron chi connectivity index (χ3n) is 4.90. The molecule has 2 aliphatic heterocycles. The molecule has 4 rings (SSSR count). The van der Waals surface area contributed by atoms with Gasteiger partial charge >= 0.3 is 5.97 Å². The fourth-order valence-corrected chi connectivity index (χ4v) is 3.51. The summed E-state index contributed by atoms with van der Waals surface area (Å²) >= 11 is 0. The Balaban J connectivity index is 1.39. The lowest BCUT2D eigenvalue weighted by molar-refractivity contribution is -0.133. The van der Waals surface area contributed by atoms with Crippen LogP contribution in [0.25, 0.3) is 0 Å². The lowest BCUT2D eigenvalue weighted by Gasteiger charge is -2.37. The molecule has 0 aromatic heterocycles. The van der Waals surface area contributed by atoms with E-state index in [0.29, 0.717) is 37.6 Å². The highest BCUT2D eigenvalue weighted by molar-refractivity contribution is 5.89. The summed E-state index contributed by atoms with van der Waals surface area (Å²) in [6.07, 6.45) is 0. The molecule has 1 amide bonds. The van der Waals surface area contributed by atoms with Gasteiger partial charge < -0.3 is 19.4 Å². The minimum absolute atomic E-state index is 0.0484. The highest BCUT2D eigenvalue weighted by atomic mass is 19.1. The average Bonchev–Trinajstić information content (AvgIpc) is 2.68. The molecule has 0 atom stereocenters. The Hall–Kier alpha value is -3.09. The second kappa shape index (κ2) is 7.26. The lowest BCUT2D eigenvalue weighted by Crippen LogP contribution is -2.52. The Labute approximate surface area is 156 Å². The van der Waals surface area contributed by atoms with Crippen molar-refractivity contribution in [2.24, 2.45) is 0 Å². The van der Waals surface area contributed by atoms with Crippen molar-refractivity contribution in [3.8, 4) is 5.75 Å². The summed E-state index contributed by atoms with van der Waals surface area (Å²) in [6.45, 7) is 2.36. The van der Waals surface area contributed by atoms with Crippen molar-refractivity contribution >= 4 is 23.3 Å². The summed E-state index contributed by atoms with van der Waals surface area (Å²) < 4.78 is 19.2. The Kier molecular flexibility index (Phi) is 4.66. The molecule has 7 heteroatoms. The Morgan fingerprint density at radius 3 is 2.37 bits per heavy atom. The van der Waals surface area contributed by atoms with Crippen molar-refractivity contribution in [1.82, 2.24) is 4.90 Å². The highest BCUT2D eigenvalue weighted by Crippen LogP contribution is 2.31. The standard InChI is InChI=1S/C20H20FN3O3/c21-15-5-1-2-6-16(15)22-9-11-23(12-10-22)19(25)13-24-14-20(26)27-18-8-4-3-7-17(18)24/h1-8H,9-14H2. The first-order valence-electron chi connectivity index (χ1n) is 8.94. The molecule has 0 radical (unpaired) electrons. The van der Waals surface area contributed by atoms with Gasteiger partial charge in [-0.25, -0.2) is 9.18 Å². The van der Waals surface area contributed by atoms with Gasteiger partial charge in [-0.2, -0.15) is 0 Å². The van der Waals surface area contributed by atoms with Crippen LogP contribution < -0.4 is 14.5 Å². The van der Waals surface area contributed by atoms with Crippen molar-refractivity contribution in [3.05, 3.63) is 54.3 Å². The molecule has 0 unspecified atom stereocenters. The third kappa shape index (κ3) is 3.58. The smallest absolute Gasteiger partial charge is 0.331 e. The minimum Gasteiger partial charge on any atom is -0.423 e. The van der Waals surface area contributed by atoms with E-state index in [1.165, 1.54) is 6.07 Å². The number of carbonyl (C=O) groups excluding carboxylic acids is 2. The zero-order valence-corrected chi connectivity index (χ0v) is 14.8. The predicted octanol–water partition coefficient (Wildman–Crippen LogP) is 1.90. The van der Waals surface area contributed by atoms with Gasteiger partial charge in [-0.1, -0.05) is 24.3 Å². The van der Waals surface area contributed by atoms with Gasteiger partial charge in [0.15, 0.2) is 5.75 Å². The molecule has 2 aromatic rings. The molecule has 0 saturated carbocycles.